The van der Waals surface area contributed by atoms with Gasteiger partial charge in [-0.1, -0.05) is 110 Å². The Balaban J connectivity index is 0.797. The Labute approximate surface area is 477 Å². The molecule has 0 radical (unpaired) electrons. The van der Waals surface area contributed by atoms with Gasteiger partial charge in [-0.05, 0) is 102 Å². The first-order valence-electron chi connectivity index (χ1n) is 27.9. The van der Waals surface area contributed by atoms with Gasteiger partial charge in [-0.15, -0.1) is 0 Å². The lowest BCUT2D eigenvalue weighted by Crippen LogP contribution is -2.56. The molecule has 9 rings (SSSR count). The number of primary amides is 1. The number of anilines is 1. The van der Waals surface area contributed by atoms with Crippen LogP contribution in [0.3, 0.4) is 0 Å². The summed E-state index contributed by atoms with van der Waals surface area (Å²) in [4.78, 5) is 143. The number of rotatable bonds is 23. The summed E-state index contributed by atoms with van der Waals surface area (Å²) in [6, 6.07) is 22.4. The minimum absolute atomic E-state index is 0.0342. The predicted octanol–water partition coefficient (Wildman–Crippen LogP) is 7.07. The number of nitrogens with one attached hydrogen (secondary N) is 3. The summed E-state index contributed by atoms with van der Waals surface area (Å²) in [5.41, 5.74) is 4.61. The van der Waals surface area contributed by atoms with E-state index in [0.717, 1.165) is 60.9 Å². The van der Waals surface area contributed by atoms with Crippen LogP contribution in [0.2, 0.25) is 0 Å². The largest absolute Gasteiger partial charge is 0.399 e. The summed E-state index contributed by atoms with van der Waals surface area (Å²) >= 11 is 0. The van der Waals surface area contributed by atoms with Crippen LogP contribution in [-0.2, 0) is 63.2 Å². The highest BCUT2D eigenvalue weighted by molar-refractivity contribution is 7.52. The Bertz CT molecular complexity index is 3540. The summed E-state index contributed by atoms with van der Waals surface area (Å²) in [6.07, 6.45) is 5.89. The smallest absolute Gasteiger partial charge is 0.370 e. The lowest BCUT2D eigenvalue weighted by atomic mass is 9.85. The van der Waals surface area contributed by atoms with E-state index in [2.05, 4.69) is 27.8 Å². The Morgan fingerprint density at radius 2 is 1.52 bits per heavy atom. The Morgan fingerprint density at radius 1 is 0.795 bits per heavy atom. The van der Waals surface area contributed by atoms with Crippen LogP contribution in [0.15, 0.2) is 103 Å². The second-order valence-corrected chi connectivity index (χ2v) is 23.3. The number of fused-ring (bicyclic) bond motifs is 2. The molecule has 83 heavy (non-hydrogen) atoms. The number of halogens is 2. The lowest BCUT2D eigenvalue weighted by Gasteiger charge is -2.29. The highest BCUT2D eigenvalue weighted by Crippen LogP contribution is 2.59. The molecule has 4 aliphatic heterocycles. The Kier molecular flexibility index (Phi) is 18.2. The van der Waals surface area contributed by atoms with Gasteiger partial charge in [0.15, 0.2) is 5.78 Å². The van der Waals surface area contributed by atoms with Gasteiger partial charge in [0.1, 0.15) is 23.9 Å². The van der Waals surface area contributed by atoms with E-state index < -0.39 is 84.2 Å². The van der Waals surface area contributed by atoms with Crippen molar-refractivity contribution in [1.29, 1.82) is 0 Å². The van der Waals surface area contributed by atoms with Gasteiger partial charge < -0.3 is 31.1 Å². The molecule has 18 nitrogen and oxygen atoms in total. The van der Waals surface area contributed by atoms with Crippen LogP contribution in [-0.4, -0.2) is 91.8 Å². The number of nitrogens with two attached hydrogens (primary N) is 1. The van der Waals surface area contributed by atoms with Gasteiger partial charge in [-0.25, -0.2) is 0 Å². The number of aryl methyl sites for hydroxylation is 1. The zero-order valence-corrected chi connectivity index (χ0v) is 46.3. The molecule has 0 aromatic heterocycles. The molecule has 5 aromatic rings. The van der Waals surface area contributed by atoms with E-state index >= 15 is 0 Å². The topological polar surface area (TPSA) is 280 Å². The van der Waals surface area contributed by atoms with Crippen molar-refractivity contribution in [2.24, 2.45) is 5.73 Å². The number of piperidine rings is 1. The molecule has 4 aliphatic rings. The molecule has 0 aliphatic carbocycles. The quantitative estimate of drug-likeness (QED) is 0.0166. The van der Waals surface area contributed by atoms with Crippen molar-refractivity contribution in [3.63, 3.8) is 0 Å². The Hall–Kier alpha value is -8.24. The van der Waals surface area contributed by atoms with Crippen molar-refractivity contribution in [1.82, 2.24) is 20.9 Å². The predicted molar refractivity (Wildman–Crippen MR) is 301 cm³/mol. The zero-order chi connectivity index (χ0) is 59.2. The van der Waals surface area contributed by atoms with E-state index in [0.29, 0.717) is 47.0 Å². The van der Waals surface area contributed by atoms with Crippen molar-refractivity contribution >= 4 is 77.0 Å². The van der Waals surface area contributed by atoms with E-state index in [9.17, 15) is 66.3 Å². The number of nitrogens with zero attached hydrogens (tertiary/aromatic N) is 2. The molecule has 1 saturated heterocycles. The maximum atomic E-state index is 14.6. The summed E-state index contributed by atoms with van der Waals surface area (Å²) in [5, 5.41) is 8.34. The number of carbonyl (C=O) groups is 9. The minimum atomic E-state index is -5.89. The average molecular weight is 1150 g/mol. The monoisotopic (exact) mass is 1150 g/mol. The summed E-state index contributed by atoms with van der Waals surface area (Å²) in [7, 11) is -5.89. The third-order valence-electron chi connectivity index (χ3n) is 16.0. The molecule has 0 saturated carbocycles. The molecule has 432 valence electrons. The van der Waals surface area contributed by atoms with Gasteiger partial charge in [-0.3, -0.25) is 57.9 Å². The first-order chi connectivity index (χ1) is 39.7. The zero-order valence-electron chi connectivity index (χ0n) is 45.4. The molecule has 5 atom stereocenters. The van der Waals surface area contributed by atoms with Crippen LogP contribution in [0, 0.1) is 11.8 Å². The normalized spacial score (nSPS) is 18.3. The first-order valence-corrected chi connectivity index (χ1v) is 29.5. The van der Waals surface area contributed by atoms with Gasteiger partial charge in [0, 0.05) is 73.2 Å². The van der Waals surface area contributed by atoms with Gasteiger partial charge >= 0.3 is 13.3 Å². The number of carbonyl (C=O) groups excluding carboxylic acids is 9. The van der Waals surface area contributed by atoms with Gasteiger partial charge in [0.2, 0.25) is 29.5 Å². The van der Waals surface area contributed by atoms with E-state index in [1.165, 1.54) is 34.1 Å². The van der Waals surface area contributed by atoms with E-state index in [4.69, 9.17) is 5.73 Å². The van der Waals surface area contributed by atoms with E-state index in [-0.39, 0.29) is 86.5 Å². The molecule has 21 heteroatoms. The average Bonchev–Trinajstić information content (AvgIpc) is 4.13. The van der Waals surface area contributed by atoms with Crippen LogP contribution in [0.4, 0.5) is 14.5 Å². The number of hydrogen-bond acceptors (Lipinski definition) is 10. The molecule has 0 spiro atoms. The van der Waals surface area contributed by atoms with Crippen LogP contribution in [0.1, 0.15) is 150 Å². The highest BCUT2D eigenvalue weighted by atomic mass is 31.2. The molecular weight excluding hydrogens is 1090 g/mol. The fourth-order valence-electron chi connectivity index (χ4n) is 11.5. The van der Waals surface area contributed by atoms with Crippen LogP contribution in [0.5, 0.6) is 0 Å². The number of ketones is 2. The van der Waals surface area contributed by atoms with Gasteiger partial charge in [-0.2, -0.15) is 8.78 Å². The molecule has 1 unspecified atom stereocenters. The van der Waals surface area contributed by atoms with Crippen molar-refractivity contribution in [2.45, 2.75) is 145 Å². The molecule has 4 heterocycles. The van der Waals surface area contributed by atoms with Crippen molar-refractivity contribution in [2.75, 3.05) is 4.90 Å². The van der Waals surface area contributed by atoms with E-state index in [1.54, 1.807) is 54.6 Å². The second-order valence-electron chi connectivity index (χ2n) is 21.6. The molecule has 7 amide bonds. The van der Waals surface area contributed by atoms with Gasteiger partial charge in [0.25, 0.3) is 11.8 Å². The number of para-hydroxylation sites is 1. The first kappa shape index (κ1) is 59.4. The number of hydrogen-bond donors (Lipinski definition) is 6. The molecule has 5 aromatic carbocycles. The summed E-state index contributed by atoms with van der Waals surface area (Å²) < 4.78 is 40.9. The molecular formula is C62H63F2N6O12P. The number of amides is 7. The summed E-state index contributed by atoms with van der Waals surface area (Å²) in [6.45, 7) is 0.247. The fraction of sp³-hybridized carbons (Fsp3) is 0.371. The molecule has 0 bridgehead atoms. The number of benzene rings is 5. The second kappa shape index (κ2) is 25.5. The SMILES string of the molecule is NC(=O)CC[C@H](NC(=O)[C@@H]1Cc2cccc3c2N1C(=O)[C@@H](NC(=O)c1ccc2ccc(C(F)(F)P(=O)(O)O)cc2c1)CC3)C(=O)C[C@H](C(=O)CCCCCCCCC#Cc1cccc2c1CN(C1CCC(=O)NC1=O)C2=O)c1ccccc1. The van der Waals surface area contributed by atoms with Crippen molar-refractivity contribution < 1.29 is 66.3 Å². The number of imide groups is 1. The molecule has 7 N–H and O–H groups in total. The van der Waals surface area contributed by atoms with E-state index in [1.807, 2.05) is 12.1 Å². The maximum Gasteiger partial charge on any atom is 0.399 e. The fourth-order valence-corrected chi connectivity index (χ4v) is 12.0. The molecule has 1 fully saturated rings. The number of Topliss-reactive ketones (excluding diaryl/α,β-unsaturated/α-hetero) is 2. The van der Waals surface area contributed by atoms with Crippen LogP contribution in [0.25, 0.3) is 10.8 Å². The number of alkyl halides is 2. The van der Waals surface area contributed by atoms with Gasteiger partial charge in [0.05, 0.1) is 11.7 Å². The maximum absolute atomic E-state index is 14.6. The minimum Gasteiger partial charge on any atom is -0.370 e. The van der Waals surface area contributed by atoms with Crippen molar-refractivity contribution in [3.8, 4) is 11.8 Å². The van der Waals surface area contributed by atoms with Crippen LogP contribution >= 0.6 is 7.60 Å². The van der Waals surface area contributed by atoms with Crippen LogP contribution < -0.4 is 26.6 Å². The number of unbranched alkanes of at least 4 members (excludes halogenated alkanes) is 6. The van der Waals surface area contributed by atoms with Crippen molar-refractivity contribution in [3.05, 3.63) is 148 Å². The highest BCUT2D eigenvalue weighted by Gasteiger charge is 2.51. The summed E-state index contributed by atoms with van der Waals surface area (Å²) in [5.74, 6) is 1.02. The lowest BCUT2D eigenvalue weighted by molar-refractivity contribution is -0.137. The third kappa shape index (κ3) is 13.3. The third-order valence-corrected chi connectivity index (χ3v) is 17.0. The standard InChI is InChI=1S/C62H63F2N6O12P/c63-62(64,83(80,81)82)44-26-24-37-22-23-42(32-43(37)33-44)57(75)67-49-27-25-40-18-12-19-41-34-51(70(56(40)41)61(49)79)59(77)66-48(28-30-54(65)73)53(72)35-46(38-14-9-7-10-15-38)52(71)21-11-6-4-2-1-3-5-8-16-39-17-13-20-45-47(39)36-69(60(45)78)50-29-31-55(74)68-58(50)76/h7,9-10,12-15,17-20,22-24,26,32-33,46,48-51H,1-6,11,21,25,27-31,34-36H2,(H2,65,73)(H,66,77)(H,67,75)(H,68,74,76)(H2,80,81,82)/t46-,48-,49-,50?,51-/m0/s1. The Morgan fingerprint density at radius 3 is 2.27 bits per heavy atom.